The Balaban J connectivity index is 2.87. The van der Waals surface area contributed by atoms with Crippen LogP contribution in [0.2, 0.25) is 0 Å². The monoisotopic (exact) mass is 364 g/mol. The van der Waals surface area contributed by atoms with Crippen molar-refractivity contribution in [1.29, 1.82) is 0 Å². The summed E-state index contributed by atoms with van der Waals surface area (Å²) >= 11 is 5.57. The minimum Gasteiger partial charge on any atom is -0.423 e. The number of alkyl halides is 1. The summed E-state index contributed by atoms with van der Waals surface area (Å²) in [7, 11) is 0. The summed E-state index contributed by atoms with van der Waals surface area (Å²) in [5.41, 5.74) is 1.37. The molecular formula is C10H6BrIO2. The Morgan fingerprint density at radius 2 is 2.14 bits per heavy atom. The summed E-state index contributed by atoms with van der Waals surface area (Å²) in [5.74, 6) is 0. The summed E-state index contributed by atoms with van der Waals surface area (Å²) in [6.07, 6.45) is 0. The van der Waals surface area contributed by atoms with E-state index >= 15 is 0 Å². The van der Waals surface area contributed by atoms with Crippen LogP contribution < -0.4 is 5.63 Å². The van der Waals surface area contributed by atoms with Crippen molar-refractivity contribution in [2.24, 2.45) is 0 Å². The molecule has 0 radical (unpaired) electrons. The van der Waals surface area contributed by atoms with E-state index in [0.29, 0.717) is 5.58 Å². The molecular weight excluding hydrogens is 359 g/mol. The molecule has 0 saturated heterocycles. The van der Waals surface area contributed by atoms with Crippen molar-refractivity contribution in [2.75, 3.05) is 0 Å². The van der Waals surface area contributed by atoms with Gasteiger partial charge >= 0.3 is 5.63 Å². The molecule has 0 fully saturated rings. The van der Waals surface area contributed by atoms with Gasteiger partial charge < -0.3 is 4.42 Å². The molecule has 0 aliphatic rings. The van der Waals surface area contributed by atoms with E-state index < -0.39 is 0 Å². The van der Waals surface area contributed by atoms with E-state index in [0.717, 1.165) is 19.8 Å². The molecule has 0 aliphatic heterocycles. The number of rotatable bonds is 1. The van der Waals surface area contributed by atoms with Crippen molar-refractivity contribution in [2.45, 2.75) is 4.43 Å². The quantitative estimate of drug-likeness (QED) is 0.440. The van der Waals surface area contributed by atoms with E-state index in [1.54, 1.807) is 6.07 Å². The minimum atomic E-state index is -0.290. The maximum Gasteiger partial charge on any atom is 0.336 e. The predicted octanol–water partition coefficient (Wildman–Crippen LogP) is 3.49. The SMILES string of the molecule is O=c1cc(CI)c2ccc(Br)cc2o1. The van der Waals surface area contributed by atoms with Gasteiger partial charge in [0.2, 0.25) is 0 Å². The van der Waals surface area contributed by atoms with Crippen LogP contribution in [-0.4, -0.2) is 0 Å². The van der Waals surface area contributed by atoms with E-state index in [1.807, 2.05) is 18.2 Å². The van der Waals surface area contributed by atoms with E-state index in [2.05, 4.69) is 38.5 Å². The predicted molar refractivity (Wildman–Crippen MR) is 67.9 cm³/mol. The molecule has 14 heavy (non-hydrogen) atoms. The van der Waals surface area contributed by atoms with Gasteiger partial charge in [-0.25, -0.2) is 4.79 Å². The van der Waals surface area contributed by atoms with Crippen LogP contribution in [0.3, 0.4) is 0 Å². The molecule has 0 bridgehead atoms. The molecule has 0 N–H and O–H groups in total. The van der Waals surface area contributed by atoms with Gasteiger partial charge in [-0.3, -0.25) is 0 Å². The van der Waals surface area contributed by atoms with Crippen LogP contribution in [0.15, 0.2) is 37.9 Å². The van der Waals surface area contributed by atoms with Gasteiger partial charge in [-0.2, -0.15) is 0 Å². The molecule has 1 aromatic heterocycles. The highest BCUT2D eigenvalue weighted by atomic mass is 127. The van der Waals surface area contributed by atoms with Crippen molar-refractivity contribution >= 4 is 49.5 Å². The van der Waals surface area contributed by atoms with Gasteiger partial charge in [0.05, 0.1) is 0 Å². The normalized spacial score (nSPS) is 10.7. The molecule has 2 aromatic rings. The zero-order valence-corrected chi connectivity index (χ0v) is 10.8. The first-order valence-electron chi connectivity index (χ1n) is 3.99. The Kier molecular flexibility index (Phi) is 2.92. The van der Waals surface area contributed by atoms with Gasteiger partial charge in [0.1, 0.15) is 5.58 Å². The summed E-state index contributed by atoms with van der Waals surface area (Å²) in [5, 5.41) is 1.00. The summed E-state index contributed by atoms with van der Waals surface area (Å²) in [4.78, 5) is 11.2. The van der Waals surface area contributed by atoms with E-state index in [4.69, 9.17) is 4.42 Å². The maximum absolute atomic E-state index is 11.2. The summed E-state index contributed by atoms with van der Waals surface area (Å²) in [6, 6.07) is 7.25. The molecule has 0 unspecified atom stereocenters. The second kappa shape index (κ2) is 4.02. The Hall–Kier alpha value is -0.360. The standard InChI is InChI=1S/C10H6BrIO2/c11-7-1-2-8-6(5-12)3-10(13)14-9(8)4-7/h1-4H,5H2. The van der Waals surface area contributed by atoms with Crippen LogP contribution in [0.5, 0.6) is 0 Å². The zero-order valence-electron chi connectivity index (χ0n) is 7.09. The Labute approximate surface area is 103 Å². The highest BCUT2D eigenvalue weighted by molar-refractivity contribution is 14.1. The number of hydrogen-bond acceptors (Lipinski definition) is 2. The third-order valence-electron chi connectivity index (χ3n) is 1.94. The topological polar surface area (TPSA) is 30.2 Å². The first-order chi connectivity index (χ1) is 6.70. The molecule has 2 rings (SSSR count). The number of benzene rings is 1. The third-order valence-corrected chi connectivity index (χ3v) is 3.25. The molecule has 0 spiro atoms. The van der Waals surface area contributed by atoms with Crippen LogP contribution in [0.1, 0.15) is 5.56 Å². The van der Waals surface area contributed by atoms with Gasteiger partial charge in [-0.05, 0) is 23.8 Å². The van der Waals surface area contributed by atoms with Gasteiger partial charge in [0, 0.05) is 20.4 Å². The largest absolute Gasteiger partial charge is 0.423 e. The molecule has 72 valence electrons. The molecule has 0 atom stereocenters. The van der Waals surface area contributed by atoms with E-state index in [9.17, 15) is 4.79 Å². The van der Waals surface area contributed by atoms with Crippen LogP contribution in [-0.2, 0) is 4.43 Å². The molecule has 0 aliphatic carbocycles. The lowest BCUT2D eigenvalue weighted by atomic mass is 10.1. The Bertz CT molecular complexity index is 533. The number of fused-ring (bicyclic) bond motifs is 1. The van der Waals surface area contributed by atoms with Crippen molar-refractivity contribution in [3.63, 3.8) is 0 Å². The lowest BCUT2D eigenvalue weighted by molar-refractivity contribution is 0.559. The van der Waals surface area contributed by atoms with Crippen LogP contribution >= 0.6 is 38.5 Å². The smallest absolute Gasteiger partial charge is 0.336 e. The van der Waals surface area contributed by atoms with Crippen molar-refractivity contribution in [1.82, 2.24) is 0 Å². The average Bonchev–Trinajstić information content (AvgIpc) is 2.15. The number of halogens is 2. The van der Waals surface area contributed by atoms with Crippen molar-refractivity contribution in [3.8, 4) is 0 Å². The molecule has 1 aromatic carbocycles. The van der Waals surface area contributed by atoms with Crippen molar-refractivity contribution < 1.29 is 4.42 Å². The first-order valence-corrected chi connectivity index (χ1v) is 6.31. The molecule has 2 nitrogen and oxygen atoms in total. The average molecular weight is 365 g/mol. The molecule has 4 heteroatoms. The Morgan fingerprint density at radius 3 is 2.86 bits per heavy atom. The van der Waals surface area contributed by atoms with Crippen LogP contribution in [0.25, 0.3) is 11.0 Å². The lowest BCUT2D eigenvalue weighted by Gasteiger charge is -2.01. The van der Waals surface area contributed by atoms with Crippen LogP contribution in [0, 0.1) is 0 Å². The maximum atomic E-state index is 11.2. The fraction of sp³-hybridized carbons (Fsp3) is 0.100. The highest BCUT2D eigenvalue weighted by Crippen LogP contribution is 2.22. The molecule has 0 saturated carbocycles. The highest BCUT2D eigenvalue weighted by Gasteiger charge is 2.04. The van der Waals surface area contributed by atoms with Gasteiger partial charge in [0.25, 0.3) is 0 Å². The second-order valence-electron chi connectivity index (χ2n) is 2.86. The van der Waals surface area contributed by atoms with Gasteiger partial charge in [-0.1, -0.05) is 38.5 Å². The fourth-order valence-corrected chi connectivity index (χ4v) is 2.29. The van der Waals surface area contributed by atoms with Gasteiger partial charge in [-0.15, -0.1) is 0 Å². The minimum absolute atomic E-state index is 0.290. The fourth-order valence-electron chi connectivity index (χ4n) is 1.31. The lowest BCUT2D eigenvalue weighted by Crippen LogP contribution is -1.98. The van der Waals surface area contributed by atoms with E-state index in [-0.39, 0.29) is 5.63 Å². The second-order valence-corrected chi connectivity index (χ2v) is 4.54. The summed E-state index contributed by atoms with van der Waals surface area (Å²) in [6.45, 7) is 0. The number of hydrogen-bond donors (Lipinski definition) is 0. The van der Waals surface area contributed by atoms with Crippen LogP contribution in [0.4, 0.5) is 0 Å². The van der Waals surface area contributed by atoms with Gasteiger partial charge in [0.15, 0.2) is 0 Å². The summed E-state index contributed by atoms with van der Waals surface area (Å²) < 4.78 is 6.82. The van der Waals surface area contributed by atoms with Crippen molar-refractivity contribution in [3.05, 3.63) is 44.7 Å². The molecule has 1 heterocycles. The Morgan fingerprint density at radius 1 is 1.36 bits per heavy atom. The molecule has 0 amide bonds. The zero-order chi connectivity index (χ0) is 10.1. The van der Waals surface area contributed by atoms with E-state index in [1.165, 1.54) is 0 Å². The first kappa shape index (κ1) is 10.2. The third kappa shape index (κ3) is 1.86.